The molecule has 0 unspecified atom stereocenters. The minimum atomic E-state index is 0.457. The van der Waals surface area contributed by atoms with Crippen LogP contribution < -0.4 is 0 Å². The number of furan rings is 1. The zero-order valence-corrected chi connectivity index (χ0v) is 11.9. The minimum Gasteiger partial charge on any atom is -0.461 e. The Morgan fingerprint density at radius 3 is 3.00 bits per heavy atom. The second-order valence-corrected chi connectivity index (χ2v) is 4.99. The molecule has 0 spiro atoms. The van der Waals surface area contributed by atoms with Crippen LogP contribution in [0.3, 0.4) is 0 Å². The average Bonchev–Trinajstić information content (AvgIpc) is 3.17. The zero-order valence-electron chi connectivity index (χ0n) is 11.1. The monoisotopic (exact) mass is 291 g/mol. The molecule has 0 amide bonds. The highest BCUT2D eigenvalue weighted by atomic mass is 32.2. The molecule has 0 aliphatic carbocycles. The Morgan fingerprint density at radius 2 is 2.25 bits per heavy atom. The van der Waals surface area contributed by atoms with Crippen molar-refractivity contribution in [3.63, 3.8) is 0 Å². The largest absolute Gasteiger partial charge is 0.461 e. The number of thioether (sulfide) groups is 1. The van der Waals surface area contributed by atoms with Crippen LogP contribution in [0.25, 0.3) is 11.6 Å². The van der Waals surface area contributed by atoms with Gasteiger partial charge in [-0.3, -0.25) is 0 Å². The molecule has 8 heteroatoms. The van der Waals surface area contributed by atoms with E-state index in [0.717, 1.165) is 17.5 Å². The van der Waals surface area contributed by atoms with Crippen molar-refractivity contribution in [2.75, 3.05) is 0 Å². The smallest absolute Gasteiger partial charge is 0.238 e. The Balaban J connectivity index is 1.70. The fraction of sp³-hybridized carbons (Fsp3) is 0.333. The summed E-state index contributed by atoms with van der Waals surface area (Å²) in [4.78, 5) is 4.28. The van der Waals surface area contributed by atoms with Gasteiger partial charge in [-0.25, -0.2) is 0 Å². The molecule has 0 fully saturated rings. The zero-order chi connectivity index (χ0) is 13.9. The van der Waals surface area contributed by atoms with Crippen molar-refractivity contribution in [2.24, 2.45) is 0 Å². The molecule has 0 radical (unpaired) electrons. The van der Waals surface area contributed by atoms with E-state index in [0.29, 0.717) is 23.2 Å². The van der Waals surface area contributed by atoms with Crippen molar-refractivity contribution < 1.29 is 8.94 Å². The van der Waals surface area contributed by atoms with E-state index < -0.39 is 0 Å². The number of aryl methyl sites for hydroxylation is 1. The maximum absolute atomic E-state index is 5.22. The van der Waals surface area contributed by atoms with Crippen LogP contribution in [0.15, 0.2) is 32.5 Å². The van der Waals surface area contributed by atoms with Crippen LogP contribution in [0.5, 0.6) is 0 Å². The first kappa shape index (κ1) is 12.9. The molecule has 0 N–H and O–H groups in total. The molecule has 104 valence electrons. The van der Waals surface area contributed by atoms with Crippen molar-refractivity contribution in [3.8, 4) is 11.6 Å². The van der Waals surface area contributed by atoms with Gasteiger partial charge in [0.15, 0.2) is 10.9 Å². The van der Waals surface area contributed by atoms with Gasteiger partial charge >= 0.3 is 0 Å². The molecule has 3 rings (SSSR count). The van der Waals surface area contributed by atoms with Crippen molar-refractivity contribution in [3.05, 3.63) is 30.1 Å². The summed E-state index contributed by atoms with van der Waals surface area (Å²) in [5.74, 6) is 3.03. The Morgan fingerprint density at radius 1 is 1.35 bits per heavy atom. The van der Waals surface area contributed by atoms with Crippen LogP contribution >= 0.6 is 11.8 Å². The highest BCUT2D eigenvalue weighted by Crippen LogP contribution is 2.23. The first-order valence-corrected chi connectivity index (χ1v) is 7.15. The summed E-state index contributed by atoms with van der Waals surface area (Å²) in [6, 6.07) is 3.57. The molecule has 0 atom stereocenters. The molecule has 20 heavy (non-hydrogen) atoms. The van der Waals surface area contributed by atoms with Crippen molar-refractivity contribution in [1.29, 1.82) is 0 Å². The average molecular weight is 291 g/mol. The first-order chi connectivity index (χ1) is 9.78. The lowest BCUT2D eigenvalue weighted by molar-refractivity contribution is 0.390. The third kappa shape index (κ3) is 2.46. The predicted molar refractivity (Wildman–Crippen MR) is 72.0 cm³/mol. The van der Waals surface area contributed by atoms with Gasteiger partial charge in [0.25, 0.3) is 0 Å². The summed E-state index contributed by atoms with van der Waals surface area (Å²) < 4.78 is 12.4. The Kier molecular flexibility index (Phi) is 3.55. The van der Waals surface area contributed by atoms with E-state index in [1.807, 2.05) is 11.5 Å². The third-order valence-electron chi connectivity index (χ3n) is 2.75. The molecule has 0 aromatic carbocycles. The van der Waals surface area contributed by atoms with Crippen molar-refractivity contribution in [2.45, 2.75) is 31.3 Å². The topological polar surface area (TPSA) is 82.8 Å². The highest BCUT2D eigenvalue weighted by molar-refractivity contribution is 7.98. The fourth-order valence-corrected chi connectivity index (χ4v) is 2.66. The Labute approximate surface area is 119 Å². The number of rotatable bonds is 5. The second-order valence-electron chi connectivity index (χ2n) is 4.05. The lowest BCUT2D eigenvalue weighted by Gasteiger charge is -2.02. The van der Waals surface area contributed by atoms with Crippen molar-refractivity contribution >= 4 is 11.8 Å². The van der Waals surface area contributed by atoms with E-state index in [2.05, 4.69) is 27.3 Å². The molecule has 3 heterocycles. The molecule has 7 nitrogen and oxygen atoms in total. The van der Waals surface area contributed by atoms with Gasteiger partial charge in [-0.2, -0.15) is 4.98 Å². The van der Waals surface area contributed by atoms with Gasteiger partial charge in [-0.05, 0) is 26.0 Å². The van der Waals surface area contributed by atoms with E-state index in [-0.39, 0.29) is 0 Å². The van der Waals surface area contributed by atoms with Gasteiger partial charge in [0.1, 0.15) is 5.82 Å². The number of hydrogen-bond acceptors (Lipinski definition) is 7. The van der Waals surface area contributed by atoms with Crippen LogP contribution in [0.4, 0.5) is 0 Å². The first-order valence-electron chi connectivity index (χ1n) is 6.17. The van der Waals surface area contributed by atoms with Gasteiger partial charge in [0.2, 0.25) is 11.7 Å². The van der Waals surface area contributed by atoms with E-state index in [1.165, 1.54) is 11.8 Å². The summed E-state index contributed by atoms with van der Waals surface area (Å²) in [5, 5.41) is 12.9. The second kappa shape index (κ2) is 5.49. The molecule has 0 aliphatic heterocycles. The van der Waals surface area contributed by atoms with Crippen LogP contribution in [-0.4, -0.2) is 24.9 Å². The van der Waals surface area contributed by atoms with Crippen molar-refractivity contribution in [1.82, 2.24) is 24.9 Å². The number of nitrogens with zero attached hydrogens (tertiary/aromatic N) is 5. The maximum Gasteiger partial charge on any atom is 0.238 e. The van der Waals surface area contributed by atoms with Crippen LogP contribution in [0.1, 0.15) is 18.6 Å². The summed E-state index contributed by atoms with van der Waals surface area (Å²) in [5.41, 5.74) is 0. The Bertz CT molecular complexity index is 689. The maximum atomic E-state index is 5.22. The molecule has 0 bridgehead atoms. The Hall–Kier alpha value is -2.09. The lowest BCUT2D eigenvalue weighted by atomic mass is 10.4. The van der Waals surface area contributed by atoms with Gasteiger partial charge < -0.3 is 13.5 Å². The molecule has 0 saturated carbocycles. The fourth-order valence-electron chi connectivity index (χ4n) is 1.78. The quantitative estimate of drug-likeness (QED) is 0.668. The van der Waals surface area contributed by atoms with E-state index >= 15 is 0 Å². The summed E-state index contributed by atoms with van der Waals surface area (Å²) in [6.45, 7) is 4.83. The molecular weight excluding hydrogens is 278 g/mol. The molecule has 3 aromatic rings. The predicted octanol–water partition coefficient (Wildman–Crippen LogP) is 2.54. The summed E-state index contributed by atoms with van der Waals surface area (Å²) in [7, 11) is 0. The van der Waals surface area contributed by atoms with Gasteiger partial charge in [-0.15, -0.1) is 10.2 Å². The number of hydrogen-bond donors (Lipinski definition) is 0. The molecular formula is C12H13N5O2S. The third-order valence-corrected chi connectivity index (χ3v) is 3.70. The molecule has 0 saturated heterocycles. The van der Waals surface area contributed by atoms with Gasteiger partial charge in [0.05, 0.1) is 12.0 Å². The van der Waals surface area contributed by atoms with E-state index in [1.54, 1.807) is 18.4 Å². The number of aromatic nitrogens is 5. The minimum absolute atomic E-state index is 0.457. The molecule has 3 aromatic heterocycles. The van der Waals surface area contributed by atoms with Crippen LogP contribution in [0, 0.1) is 6.92 Å². The van der Waals surface area contributed by atoms with Crippen LogP contribution in [-0.2, 0) is 12.3 Å². The van der Waals surface area contributed by atoms with Gasteiger partial charge in [-0.1, -0.05) is 16.9 Å². The van der Waals surface area contributed by atoms with Crippen LogP contribution in [0.2, 0.25) is 0 Å². The van der Waals surface area contributed by atoms with Gasteiger partial charge in [0, 0.05) is 6.54 Å². The highest BCUT2D eigenvalue weighted by Gasteiger charge is 2.13. The standard InChI is InChI=1S/C12H13N5O2S/c1-3-17-8(2)14-15-12(17)20-7-10-13-11(16-19-10)9-5-4-6-18-9/h4-6H,3,7H2,1-2H3. The van der Waals surface area contributed by atoms with E-state index in [4.69, 9.17) is 8.94 Å². The van der Waals surface area contributed by atoms with E-state index in [9.17, 15) is 0 Å². The lowest BCUT2D eigenvalue weighted by Crippen LogP contribution is -1.99. The summed E-state index contributed by atoms with van der Waals surface area (Å²) >= 11 is 1.52. The normalized spacial score (nSPS) is 11.1. The molecule has 0 aliphatic rings. The summed E-state index contributed by atoms with van der Waals surface area (Å²) in [6.07, 6.45) is 1.58. The SMILES string of the molecule is CCn1c(C)nnc1SCc1nc(-c2ccco2)no1.